The first-order valence-electron chi connectivity index (χ1n) is 8.36. The molecule has 0 aromatic heterocycles. The molecule has 0 atom stereocenters. The number of methoxy groups -OCH3 is 1. The smallest absolute Gasteiger partial charge is 0.416 e. The van der Waals surface area contributed by atoms with E-state index in [1.807, 2.05) is 0 Å². The van der Waals surface area contributed by atoms with E-state index >= 15 is 0 Å². The first kappa shape index (κ1) is 20.5. The second-order valence-electron chi connectivity index (χ2n) is 5.95. The van der Waals surface area contributed by atoms with E-state index in [0.29, 0.717) is 16.5 Å². The molecule has 0 heterocycles. The Morgan fingerprint density at radius 3 is 2.38 bits per heavy atom. The largest absolute Gasteiger partial charge is 0.497 e. The summed E-state index contributed by atoms with van der Waals surface area (Å²) in [6, 6.07) is 15.5. The lowest BCUT2D eigenvalue weighted by molar-refractivity contribution is -0.137. The summed E-state index contributed by atoms with van der Waals surface area (Å²) in [6.45, 7) is 0. The number of halogens is 4. The number of amides is 1. The number of hydrogen-bond donors (Lipinski definition) is 1. The molecule has 4 nitrogen and oxygen atoms in total. The van der Waals surface area contributed by atoms with E-state index in [-0.39, 0.29) is 17.0 Å². The van der Waals surface area contributed by atoms with Gasteiger partial charge in [-0.25, -0.2) is 0 Å². The van der Waals surface area contributed by atoms with E-state index in [1.165, 1.54) is 19.2 Å². The van der Waals surface area contributed by atoms with Crippen molar-refractivity contribution in [2.24, 2.45) is 0 Å². The van der Waals surface area contributed by atoms with E-state index in [2.05, 4.69) is 5.32 Å². The van der Waals surface area contributed by atoms with Crippen LogP contribution in [0, 0.1) is 0 Å². The molecule has 0 saturated heterocycles. The highest BCUT2D eigenvalue weighted by molar-refractivity contribution is 6.31. The fraction of sp³-hybridized carbons (Fsp3) is 0.0952. The van der Waals surface area contributed by atoms with Gasteiger partial charge in [-0.05, 0) is 48.5 Å². The highest BCUT2D eigenvalue weighted by Crippen LogP contribution is 2.37. The van der Waals surface area contributed by atoms with Crippen molar-refractivity contribution in [3.05, 3.63) is 82.9 Å². The summed E-state index contributed by atoms with van der Waals surface area (Å²) in [4.78, 5) is 12.5. The van der Waals surface area contributed by atoms with Crippen molar-refractivity contribution < 1.29 is 27.4 Å². The van der Waals surface area contributed by atoms with Crippen LogP contribution >= 0.6 is 11.6 Å². The summed E-state index contributed by atoms with van der Waals surface area (Å²) in [5.74, 6) is 0.269. The van der Waals surface area contributed by atoms with Gasteiger partial charge in [0.2, 0.25) is 0 Å². The van der Waals surface area contributed by atoms with E-state index in [9.17, 15) is 18.0 Å². The highest BCUT2D eigenvalue weighted by atomic mass is 35.5. The molecule has 8 heteroatoms. The first-order chi connectivity index (χ1) is 13.8. The summed E-state index contributed by atoms with van der Waals surface area (Å²) in [6.07, 6.45) is -4.58. The van der Waals surface area contributed by atoms with Gasteiger partial charge in [0.15, 0.2) is 5.75 Å². The first-order valence-corrected chi connectivity index (χ1v) is 8.74. The van der Waals surface area contributed by atoms with Crippen LogP contribution in [0.25, 0.3) is 0 Å². The zero-order valence-electron chi connectivity index (χ0n) is 15.1. The van der Waals surface area contributed by atoms with E-state index in [0.717, 1.165) is 18.2 Å². The maximum atomic E-state index is 13.2. The Hall–Kier alpha value is -3.19. The molecule has 0 bridgehead atoms. The molecule has 0 radical (unpaired) electrons. The normalized spacial score (nSPS) is 11.1. The predicted molar refractivity (Wildman–Crippen MR) is 104 cm³/mol. The van der Waals surface area contributed by atoms with Gasteiger partial charge in [0, 0.05) is 16.7 Å². The zero-order valence-corrected chi connectivity index (χ0v) is 15.8. The molecule has 0 unspecified atom stereocenters. The fourth-order valence-electron chi connectivity index (χ4n) is 2.51. The van der Waals surface area contributed by atoms with Crippen LogP contribution in [0.1, 0.15) is 15.9 Å². The third kappa shape index (κ3) is 5.20. The van der Waals surface area contributed by atoms with Crippen LogP contribution in [0.15, 0.2) is 66.7 Å². The summed E-state index contributed by atoms with van der Waals surface area (Å²) in [7, 11) is 1.48. The molecule has 3 aromatic carbocycles. The lowest BCUT2D eigenvalue weighted by Gasteiger charge is -2.15. The summed E-state index contributed by atoms with van der Waals surface area (Å²) in [5, 5.41) is 2.79. The van der Waals surface area contributed by atoms with Crippen LogP contribution in [0.5, 0.6) is 17.2 Å². The lowest BCUT2D eigenvalue weighted by Crippen LogP contribution is -2.14. The fourth-order valence-corrected chi connectivity index (χ4v) is 2.70. The average molecular weight is 422 g/mol. The number of nitrogens with one attached hydrogen (secondary N) is 1. The molecule has 0 saturated carbocycles. The monoisotopic (exact) mass is 421 g/mol. The van der Waals surface area contributed by atoms with Gasteiger partial charge < -0.3 is 14.8 Å². The lowest BCUT2D eigenvalue weighted by atomic mass is 10.1. The minimum absolute atomic E-state index is 0.0432. The van der Waals surface area contributed by atoms with Crippen molar-refractivity contribution in [3.63, 3.8) is 0 Å². The van der Waals surface area contributed by atoms with E-state index in [1.54, 1.807) is 36.4 Å². The van der Waals surface area contributed by atoms with Crippen molar-refractivity contribution in [3.8, 4) is 17.2 Å². The quantitative estimate of drug-likeness (QED) is 0.517. The van der Waals surface area contributed by atoms with Gasteiger partial charge in [-0.15, -0.1) is 0 Å². The number of ether oxygens (including phenoxy) is 2. The summed E-state index contributed by atoms with van der Waals surface area (Å²) < 4.78 is 50.3. The molecule has 1 amide bonds. The zero-order chi connectivity index (χ0) is 21.0. The molecule has 3 rings (SSSR count). The molecule has 0 aliphatic rings. The van der Waals surface area contributed by atoms with Crippen molar-refractivity contribution >= 4 is 23.2 Å². The summed E-state index contributed by atoms with van der Waals surface area (Å²) >= 11 is 5.88. The van der Waals surface area contributed by atoms with Crippen LogP contribution in [-0.4, -0.2) is 13.0 Å². The number of carbonyl (C=O) groups excluding carboxylic acids is 1. The minimum Gasteiger partial charge on any atom is -0.497 e. The van der Waals surface area contributed by atoms with Gasteiger partial charge in [0.05, 0.1) is 18.4 Å². The van der Waals surface area contributed by atoms with E-state index in [4.69, 9.17) is 21.1 Å². The molecule has 150 valence electrons. The maximum Gasteiger partial charge on any atom is 0.416 e. The topological polar surface area (TPSA) is 47.6 Å². The van der Waals surface area contributed by atoms with E-state index < -0.39 is 17.6 Å². The number of alkyl halides is 3. The molecule has 3 aromatic rings. The Kier molecular flexibility index (Phi) is 5.98. The van der Waals surface area contributed by atoms with Crippen LogP contribution in [0.4, 0.5) is 18.9 Å². The van der Waals surface area contributed by atoms with Crippen molar-refractivity contribution in [1.82, 2.24) is 0 Å². The van der Waals surface area contributed by atoms with Crippen molar-refractivity contribution in [1.29, 1.82) is 0 Å². The Morgan fingerprint density at radius 2 is 1.69 bits per heavy atom. The van der Waals surface area contributed by atoms with Gasteiger partial charge in [-0.2, -0.15) is 13.2 Å². The Labute approximate surface area is 169 Å². The summed E-state index contributed by atoms with van der Waals surface area (Å²) in [5.41, 5.74) is -0.855. The average Bonchev–Trinajstić information content (AvgIpc) is 2.68. The van der Waals surface area contributed by atoms with Gasteiger partial charge >= 0.3 is 6.18 Å². The third-order valence-electron chi connectivity index (χ3n) is 3.91. The maximum absolute atomic E-state index is 13.2. The van der Waals surface area contributed by atoms with Gasteiger partial charge in [0.1, 0.15) is 11.5 Å². The Bertz CT molecular complexity index is 1040. The van der Waals surface area contributed by atoms with Gasteiger partial charge in [-0.1, -0.05) is 23.7 Å². The van der Waals surface area contributed by atoms with Crippen LogP contribution in [-0.2, 0) is 6.18 Å². The third-order valence-corrected chi connectivity index (χ3v) is 4.15. The van der Waals surface area contributed by atoms with Gasteiger partial charge in [-0.3, -0.25) is 4.79 Å². The van der Waals surface area contributed by atoms with Gasteiger partial charge in [0.25, 0.3) is 5.91 Å². The molecule has 0 aliphatic heterocycles. The molecule has 0 spiro atoms. The molecule has 0 aliphatic carbocycles. The second-order valence-corrected chi connectivity index (χ2v) is 6.39. The second kappa shape index (κ2) is 8.45. The molecule has 29 heavy (non-hydrogen) atoms. The van der Waals surface area contributed by atoms with Crippen molar-refractivity contribution in [2.45, 2.75) is 6.18 Å². The molecular weight excluding hydrogens is 407 g/mol. The van der Waals surface area contributed by atoms with Crippen LogP contribution in [0.3, 0.4) is 0 Å². The van der Waals surface area contributed by atoms with Crippen LogP contribution in [0.2, 0.25) is 5.02 Å². The SMILES string of the molecule is COc1cccc(Oc2ccc(C(F)(F)F)cc2NC(=O)c2cccc(Cl)c2)c1. The molecular formula is C21H15ClF3NO3. The highest BCUT2D eigenvalue weighted by Gasteiger charge is 2.31. The number of anilines is 1. The Morgan fingerprint density at radius 1 is 0.966 bits per heavy atom. The number of hydrogen-bond acceptors (Lipinski definition) is 3. The molecule has 0 fully saturated rings. The number of benzene rings is 3. The van der Waals surface area contributed by atoms with Crippen molar-refractivity contribution in [2.75, 3.05) is 12.4 Å². The molecule has 1 N–H and O–H groups in total. The minimum atomic E-state index is -4.58. The van der Waals surface area contributed by atoms with Crippen LogP contribution < -0.4 is 14.8 Å². The predicted octanol–water partition coefficient (Wildman–Crippen LogP) is 6.41. The number of rotatable bonds is 5. The Balaban J connectivity index is 1.96. The number of carbonyl (C=O) groups is 1. The standard InChI is InChI=1S/C21H15ClF3NO3/c1-28-16-6-3-7-17(12-16)29-19-9-8-14(21(23,24)25)11-18(19)26-20(27)13-4-2-5-15(22)10-13/h2-12H,1H3,(H,26,27).